The van der Waals surface area contributed by atoms with E-state index in [0.717, 1.165) is 17.7 Å². The summed E-state index contributed by atoms with van der Waals surface area (Å²) in [5, 5.41) is 0. The monoisotopic (exact) mass is 231 g/mol. The summed E-state index contributed by atoms with van der Waals surface area (Å²) in [5.74, 6) is 1.06. The second kappa shape index (κ2) is 4.82. The summed E-state index contributed by atoms with van der Waals surface area (Å²) in [7, 11) is 1.36. The van der Waals surface area contributed by atoms with Gasteiger partial charge < -0.3 is 9.15 Å². The van der Waals surface area contributed by atoms with Crippen molar-refractivity contribution in [2.75, 3.05) is 7.11 Å². The largest absolute Gasteiger partial charge is 0.465 e. The van der Waals surface area contributed by atoms with E-state index in [1.165, 1.54) is 7.11 Å². The highest BCUT2D eigenvalue weighted by Gasteiger charge is 2.08. The molecule has 0 atom stereocenters. The van der Waals surface area contributed by atoms with E-state index in [1.54, 1.807) is 30.5 Å². The van der Waals surface area contributed by atoms with Gasteiger partial charge in [0.1, 0.15) is 5.76 Å². The average Bonchev–Trinajstić information content (AvgIpc) is 2.87. The van der Waals surface area contributed by atoms with E-state index >= 15 is 0 Å². The maximum atomic E-state index is 11.3. The summed E-state index contributed by atoms with van der Waals surface area (Å²) in [4.78, 5) is 15.4. The smallest absolute Gasteiger partial charge is 0.337 e. The number of carbonyl (C=O) groups excluding carboxylic acids is 1. The van der Waals surface area contributed by atoms with Crippen LogP contribution >= 0.6 is 0 Å². The van der Waals surface area contributed by atoms with Gasteiger partial charge in [-0.1, -0.05) is 6.92 Å². The van der Waals surface area contributed by atoms with Crippen molar-refractivity contribution in [1.82, 2.24) is 4.98 Å². The molecule has 0 N–H and O–H groups in total. The molecule has 4 nitrogen and oxygen atoms in total. The zero-order valence-corrected chi connectivity index (χ0v) is 9.77. The van der Waals surface area contributed by atoms with Crippen molar-refractivity contribution in [3.8, 4) is 11.5 Å². The van der Waals surface area contributed by atoms with Crippen LogP contribution in [0.25, 0.3) is 11.5 Å². The second-order valence-electron chi connectivity index (χ2n) is 3.55. The molecule has 0 saturated heterocycles. The number of carbonyl (C=O) groups is 1. The van der Waals surface area contributed by atoms with Gasteiger partial charge in [-0.25, -0.2) is 9.78 Å². The summed E-state index contributed by atoms with van der Waals surface area (Å²) < 4.78 is 10.1. The van der Waals surface area contributed by atoms with Gasteiger partial charge in [-0.2, -0.15) is 0 Å². The van der Waals surface area contributed by atoms with Crippen LogP contribution in [0.4, 0.5) is 0 Å². The molecule has 1 aromatic heterocycles. The lowest BCUT2D eigenvalue weighted by Gasteiger charge is -1.99. The Morgan fingerprint density at radius 1 is 1.35 bits per heavy atom. The summed E-state index contributed by atoms with van der Waals surface area (Å²) >= 11 is 0. The van der Waals surface area contributed by atoms with Gasteiger partial charge in [0.2, 0.25) is 5.89 Å². The number of benzene rings is 1. The van der Waals surface area contributed by atoms with Gasteiger partial charge >= 0.3 is 5.97 Å². The molecule has 0 spiro atoms. The maximum Gasteiger partial charge on any atom is 0.337 e. The Balaban J connectivity index is 2.25. The van der Waals surface area contributed by atoms with Gasteiger partial charge in [-0.3, -0.25) is 0 Å². The lowest BCUT2D eigenvalue weighted by Crippen LogP contribution is -2.00. The van der Waals surface area contributed by atoms with Crippen LogP contribution in [0.5, 0.6) is 0 Å². The zero-order chi connectivity index (χ0) is 12.3. The Labute approximate surface area is 99.2 Å². The molecule has 0 aliphatic carbocycles. The van der Waals surface area contributed by atoms with Gasteiger partial charge in [-0.15, -0.1) is 0 Å². The molecule has 0 bridgehead atoms. The lowest BCUT2D eigenvalue weighted by molar-refractivity contribution is 0.0601. The predicted molar refractivity (Wildman–Crippen MR) is 62.7 cm³/mol. The normalized spacial score (nSPS) is 10.2. The summed E-state index contributed by atoms with van der Waals surface area (Å²) in [5.41, 5.74) is 1.36. The summed E-state index contributed by atoms with van der Waals surface area (Å²) in [6.45, 7) is 2.00. The molecule has 0 fully saturated rings. The van der Waals surface area contributed by atoms with Gasteiger partial charge in [0, 0.05) is 12.0 Å². The van der Waals surface area contributed by atoms with Crippen molar-refractivity contribution in [3.05, 3.63) is 41.8 Å². The van der Waals surface area contributed by atoms with Crippen LogP contribution in [0.1, 0.15) is 23.0 Å². The molecule has 0 aliphatic heterocycles. The minimum Gasteiger partial charge on any atom is -0.465 e. The molecule has 1 heterocycles. The molecule has 2 aromatic rings. The van der Waals surface area contributed by atoms with E-state index < -0.39 is 0 Å². The Morgan fingerprint density at radius 3 is 2.59 bits per heavy atom. The number of nitrogens with zero attached hydrogens (tertiary/aromatic N) is 1. The van der Waals surface area contributed by atoms with Crippen molar-refractivity contribution in [3.63, 3.8) is 0 Å². The van der Waals surface area contributed by atoms with Crippen LogP contribution in [0, 0.1) is 0 Å². The fourth-order valence-electron chi connectivity index (χ4n) is 1.47. The highest BCUT2D eigenvalue weighted by molar-refractivity contribution is 5.89. The van der Waals surface area contributed by atoms with Gasteiger partial charge in [-0.05, 0) is 24.3 Å². The lowest BCUT2D eigenvalue weighted by atomic mass is 10.1. The molecule has 0 radical (unpaired) electrons. The highest BCUT2D eigenvalue weighted by Crippen LogP contribution is 2.20. The number of aromatic nitrogens is 1. The first-order valence-electron chi connectivity index (χ1n) is 5.38. The van der Waals surface area contributed by atoms with Crippen molar-refractivity contribution >= 4 is 5.97 Å². The minimum atomic E-state index is -0.349. The fourth-order valence-corrected chi connectivity index (χ4v) is 1.47. The quantitative estimate of drug-likeness (QED) is 0.762. The number of hydrogen-bond acceptors (Lipinski definition) is 4. The molecule has 0 aliphatic rings. The van der Waals surface area contributed by atoms with Crippen LogP contribution in [0.3, 0.4) is 0 Å². The SMILES string of the molecule is CCc1cnc(-c2ccc(C(=O)OC)cc2)o1. The molecule has 17 heavy (non-hydrogen) atoms. The predicted octanol–water partition coefficient (Wildman–Crippen LogP) is 2.69. The molecule has 2 rings (SSSR count). The van der Waals surface area contributed by atoms with Crippen molar-refractivity contribution in [1.29, 1.82) is 0 Å². The minimum absolute atomic E-state index is 0.349. The first-order valence-corrected chi connectivity index (χ1v) is 5.38. The molecule has 0 unspecified atom stereocenters. The summed E-state index contributed by atoms with van der Waals surface area (Å²) in [6.07, 6.45) is 2.52. The van der Waals surface area contributed by atoms with E-state index in [2.05, 4.69) is 9.72 Å². The number of methoxy groups -OCH3 is 1. The molecule has 0 amide bonds. The third kappa shape index (κ3) is 2.36. The third-order valence-electron chi connectivity index (χ3n) is 2.45. The number of rotatable bonds is 3. The Kier molecular flexibility index (Phi) is 3.23. The number of ether oxygens (including phenoxy) is 1. The Hall–Kier alpha value is -2.10. The van der Waals surface area contributed by atoms with Gasteiger partial charge in [0.15, 0.2) is 0 Å². The van der Waals surface area contributed by atoms with Gasteiger partial charge in [0.25, 0.3) is 0 Å². The van der Waals surface area contributed by atoms with Gasteiger partial charge in [0.05, 0.1) is 18.9 Å². The number of hydrogen-bond donors (Lipinski definition) is 0. The standard InChI is InChI=1S/C13H13NO3/c1-3-11-8-14-12(17-11)9-4-6-10(7-5-9)13(15)16-2/h4-8H,3H2,1-2H3. The molecular weight excluding hydrogens is 218 g/mol. The van der Waals surface area contributed by atoms with Crippen LogP contribution in [-0.2, 0) is 11.2 Å². The number of esters is 1. The van der Waals surface area contributed by atoms with E-state index in [4.69, 9.17) is 4.42 Å². The average molecular weight is 231 g/mol. The van der Waals surface area contributed by atoms with E-state index in [9.17, 15) is 4.79 Å². The maximum absolute atomic E-state index is 11.3. The van der Waals surface area contributed by atoms with Crippen LogP contribution in [0.15, 0.2) is 34.9 Å². The second-order valence-corrected chi connectivity index (χ2v) is 3.55. The molecule has 4 heteroatoms. The molecule has 88 valence electrons. The van der Waals surface area contributed by atoms with E-state index in [0.29, 0.717) is 11.5 Å². The first kappa shape index (κ1) is 11.4. The molecule has 0 saturated carbocycles. The number of oxazole rings is 1. The highest BCUT2D eigenvalue weighted by atomic mass is 16.5. The van der Waals surface area contributed by atoms with Crippen molar-refractivity contribution in [2.45, 2.75) is 13.3 Å². The Morgan fingerprint density at radius 2 is 2.06 bits per heavy atom. The summed E-state index contributed by atoms with van der Waals surface area (Å²) in [6, 6.07) is 6.96. The third-order valence-corrected chi connectivity index (χ3v) is 2.45. The zero-order valence-electron chi connectivity index (χ0n) is 9.77. The Bertz CT molecular complexity index is 514. The molecule has 1 aromatic carbocycles. The van der Waals surface area contributed by atoms with Crippen LogP contribution < -0.4 is 0 Å². The van der Waals surface area contributed by atoms with E-state index in [1.807, 2.05) is 6.92 Å². The number of aryl methyl sites for hydroxylation is 1. The van der Waals surface area contributed by atoms with E-state index in [-0.39, 0.29) is 5.97 Å². The molecular formula is C13H13NO3. The van der Waals surface area contributed by atoms with Crippen LogP contribution in [0.2, 0.25) is 0 Å². The fraction of sp³-hybridized carbons (Fsp3) is 0.231. The topological polar surface area (TPSA) is 52.3 Å². The van der Waals surface area contributed by atoms with Crippen molar-refractivity contribution in [2.24, 2.45) is 0 Å². The van der Waals surface area contributed by atoms with Crippen LogP contribution in [-0.4, -0.2) is 18.1 Å². The first-order chi connectivity index (χ1) is 8.24. The van der Waals surface area contributed by atoms with Crippen molar-refractivity contribution < 1.29 is 13.9 Å².